The fourth-order valence-corrected chi connectivity index (χ4v) is 6.68. The van der Waals surface area contributed by atoms with E-state index in [1.54, 1.807) is 0 Å². The first kappa shape index (κ1) is 19.2. The number of rotatable bonds is 1. The third kappa shape index (κ3) is 2.43. The Kier molecular flexibility index (Phi) is 3.58. The number of benzene rings is 5. The highest BCUT2D eigenvalue weighted by Gasteiger charge is 2.39. The van der Waals surface area contributed by atoms with E-state index in [-0.39, 0.29) is 11.3 Å². The maximum atomic E-state index is 6.13. The summed E-state index contributed by atoms with van der Waals surface area (Å²) >= 11 is 0. The van der Waals surface area contributed by atoms with Crippen molar-refractivity contribution >= 4 is 21.9 Å². The van der Waals surface area contributed by atoms with Crippen molar-refractivity contribution < 1.29 is 4.42 Å². The number of para-hydroxylation sites is 1. The summed E-state index contributed by atoms with van der Waals surface area (Å²) in [6.07, 6.45) is 0. The Bertz CT molecular complexity index is 1830. The average Bonchev–Trinajstić information content (AvgIpc) is 3.49. The highest BCUT2D eigenvalue weighted by molar-refractivity contribution is 6.05. The van der Waals surface area contributed by atoms with Crippen LogP contribution in [0.2, 0.25) is 0 Å². The van der Waals surface area contributed by atoms with E-state index in [0.29, 0.717) is 0 Å². The van der Waals surface area contributed by atoms with E-state index >= 15 is 0 Å². The third-order valence-electron chi connectivity index (χ3n) is 8.36. The van der Waals surface area contributed by atoms with Crippen LogP contribution in [0.15, 0.2) is 108 Å². The molecule has 2 aliphatic carbocycles. The Labute approximate surface area is 204 Å². The molecule has 6 aromatic rings. The van der Waals surface area contributed by atoms with Crippen molar-refractivity contribution in [2.45, 2.75) is 25.2 Å². The monoisotopic (exact) mass is 448 g/mol. The molecule has 0 spiro atoms. The highest BCUT2D eigenvalue weighted by atomic mass is 16.3. The second-order valence-corrected chi connectivity index (χ2v) is 10.5. The number of hydrogen-bond acceptors (Lipinski definition) is 1. The van der Waals surface area contributed by atoms with Crippen LogP contribution in [-0.2, 0) is 5.41 Å². The minimum atomic E-state index is 0.00259. The van der Waals surface area contributed by atoms with Gasteiger partial charge in [-0.15, -0.1) is 0 Å². The van der Waals surface area contributed by atoms with Gasteiger partial charge in [0.1, 0.15) is 11.2 Å². The molecule has 1 heterocycles. The molecule has 1 unspecified atom stereocenters. The second-order valence-electron chi connectivity index (χ2n) is 10.5. The summed E-state index contributed by atoms with van der Waals surface area (Å²) in [7, 11) is 0. The minimum absolute atomic E-state index is 0.00259. The zero-order valence-electron chi connectivity index (χ0n) is 19.8. The first-order valence-electron chi connectivity index (χ1n) is 12.4. The largest absolute Gasteiger partial charge is 0.456 e. The maximum absolute atomic E-state index is 6.13. The quantitative estimate of drug-likeness (QED) is 0.244. The molecule has 2 aliphatic rings. The van der Waals surface area contributed by atoms with E-state index < -0.39 is 0 Å². The number of furan rings is 1. The minimum Gasteiger partial charge on any atom is -0.456 e. The highest BCUT2D eigenvalue weighted by Crippen LogP contribution is 2.55. The Morgan fingerprint density at radius 3 is 2.20 bits per heavy atom. The van der Waals surface area contributed by atoms with E-state index in [1.807, 2.05) is 6.07 Å². The summed E-state index contributed by atoms with van der Waals surface area (Å²) in [6, 6.07) is 37.9. The van der Waals surface area contributed by atoms with Crippen LogP contribution < -0.4 is 0 Å². The predicted molar refractivity (Wildman–Crippen MR) is 144 cm³/mol. The zero-order chi connectivity index (χ0) is 23.3. The van der Waals surface area contributed by atoms with Crippen molar-refractivity contribution in [3.63, 3.8) is 0 Å². The topological polar surface area (TPSA) is 13.1 Å². The van der Waals surface area contributed by atoms with Gasteiger partial charge in [0.25, 0.3) is 0 Å². The van der Waals surface area contributed by atoms with E-state index in [2.05, 4.69) is 111 Å². The molecule has 5 aromatic carbocycles. The first-order valence-corrected chi connectivity index (χ1v) is 12.4. The summed E-state index contributed by atoms with van der Waals surface area (Å²) in [6.45, 7) is 4.72. The average molecular weight is 449 g/mol. The molecule has 35 heavy (non-hydrogen) atoms. The van der Waals surface area contributed by atoms with E-state index in [1.165, 1.54) is 60.8 Å². The molecule has 1 aromatic heterocycles. The SMILES string of the molecule is CC1(C)c2ccccc2-c2cc3c(cc21)-c1ccccc1C3c1ccc2oc3ccccc3c2c1. The van der Waals surface area contributed by atoms with Gasteiger partial charge in [-0.1, -0.05) is 86.6 Å². The molecule has 1 nitrogen and oxygen atoms in total. The van der Waals surface area contributed by atoms with Gasteiger partial charge in [0, 0.05) is 22.1 Å². The molecule has 0 fully saturated rings. The van der Waals surface area contributed by atoms with Gasteiger partial charge < -0.3 is 4.42 Å². The fourth-order valence-electron chi connectivity index (χ4n) is 6.68. The smallest absolute Gasteiger partial charge is 0.135 e. The summed E-state index contributed by atoms with van der Waals surface area (Å²) in [5.41, 5.74) is 14.4. The standard InChI is InChI=1S/C34H24O/c1-34(2)29-13-7-5-10-22(29)26-18-28-25(19-30(26)34)21-9-3-4-12-24(21)33(28)20-15-16-32-27(17-20)23-11-6-8-14-31(23)35-32/h3-19,33H,1-2H3. The van der Waals surface area contributed by atoms with Crippen LogP contribution in [0.3, 0.4) is 0 Å². The lowest BCUT2D eigenvalue weighted by Crippen LogP contribution is -2.15. The van der Waals surface area contributed by atoms with Crippen molar-refractivity contribution in [1.82, 2.24) is 0 Å². The lowest BCUT2D eigenvalue weighted by molar-refractivity contribution is 0.660. The van der Waals surface area contributed by atoms with Crippen molar-refractivity contribution in [1.29, 1.82) is 0 Å². The van der Waals surface area contributed by atoms with Crippen LogP contribution >= 0.6 is 0 Å². The molecule has 0 aliphatic heterocycles. The van der Waals surface area contributed by atoms with Gasteiger partial charge in [-0.3, -0.25) is 0 Å². The number of hydrogen-bond donors (Lipinski definition) is 0. The molecule has 0 radical (unpaired) electrons. The van der Waals surface area contributed by atoms with Gasteiger partial charge >= 0.3 is 0 Å². The molecule has 1 atom stereocenters. The third-order valence-corrected chi connectivity index (χ3v) is 8.36. The van der Waals surface area contributed by atoms with Crippen LogP contribution in [0.1, 0.15) is 47.6 Å². The summed E-state index contributed by atoms with van der Waals surface area (Å²) in [4.78, 5) is 0. The van der Waals surface area contributed by atoms with Gasteiger partial charge in [-0.25, -0.2) is 0 Å². The van der Waals surface area contributed by atoms with Crippen molar-refractivity contribution in [2.75, 3.05) is 0 Å². The second kappa shape index (κ2) is 6.52. The van der Waals surface area contributed by atoms with E-state index in [4.69, 9.17) is 4.42 Å². The van der Waals surface area contributed by atoms with Crippen LogP contribution in [0.25, 0.3) is 44.2 Å². The normalized spacial score (nSPS) is 16.8. The summed E-state index contributed by atoms with van der Waals surface area (Å²) < 4.78 is 6.13. The molecule has 0 amide bonds. The van der Waals surface area contributed by atoms with Gasteiger partial charge in [-0.2, -0.15) is 0 Å². The lowest BCUT2D eigenvalue weighted by atomic mass is 9.81. The van der Waals surface area contributed by atoms with E-state index in [9.17, 15) is 0 Å². The summed E-state index contributed by atoms with van der Waals surface area (Å²) in [5.74, 6) is 0.209. The molecule has 0 saturated carbocycles. The molecule has 0 bridgehead atoms. The molecule has 0 N–H and O–H groups in total. The van der Waals surface area contributed by atoms with E-state index in [0.717, 1.165) is 11.2 Å². The van der Waals surface area contributed by atoms with Crippen LogP contribution in [0.4, 0.5) is 0 Å². The van der Waals surface area contributed by atoms with Crippen LogP contribution in [-0.4, -0.2) is 0 Å². The van der Waals surface area contributed by atoms with Crippen molar-refractivity contribution in [3.05, 3.63) is 131 Å². The molecular formula is C34H24O. The van der Waals surface area contributed by atoms with Crippen LogP contribution in [0.5, 0.6) is 0 Å². The Morgan fingerprint density at radius 2 is 1.29 bits per heavy atom. The number of fused-ring (bicyclic) bond motifs is 9. The van der Waals surface area contributed by atoms with Crippen molar-refractivity contribution in [2.24, 2.45) is 0 Å². The predicted octanol–water partition coefficient (Wildman–Crippen LogP) is 9.05. The molecule has 1 heteroatoms. The summed E-state index contributed by atoms with van der Waals surface area (Å²) in [5, 5.41) is 2.37. The Hall–Kier alpha value is -4.10. The van der Waals surface area contributed by atoms with Crippen molar-refractivity contribution in [3.8, 4) is 22.3 Å². The molecular weight excluding hydrogens is 424 g/mol. The fraction of sp³-hybridized carbons (Fsp3) is 0.118. The zero-order valence-corrected chi connectivity index (χ0v) is 19.8. The molecule has 8 rings (SSSR count). The van der Waals surface area contributed by atoms with Gasteiger partial charge in [0.15, 0.2) is 0 Å². The van der Waals surface area contributed by atoms with Gasteiger partial charge in [-0.05, 0) is 80.4 Å². The lowest BCUT2D eigenvalue weighted by Gasteiger charge is -2.22. The molecule has 0 saturated heterocycles. The Morgan fingerprint density at radius 1 is 0.543 bits per heavy atom. The van der Waals surface area contributed by atoms with Gasteiger partial charge in [0.2, 0.25) is 0 Å². The maximum Gasteiger partial charge on any atom is 0.135 e. The first-order chi connectivity index (χ1) is 17.1. The van der Waals surface area contributed by atoms with Gasteiger partial charge in [0.05, 0.1) is 0 Å². The Balaban J connectivity index is 1.41. The molecule has 166 valence electrons. The van der Waals surface area contributed by atoms with Crippen LogP contribution in [0, 0.1) is 0 Å².